The van der Waals surface area contributed by atoms with Crippen LogP contribution in [0.3, 0.4) is 0 Å². The summed E-state index contributed by atoms with van der Waals surface area (Å²) < 4.78 is 11.2. The van der Waals surface area contributed by atoms with Crippen LogP contribution in [0.4, 0.5) is 0 Å². The van der Waals surface area contributed by atoms with E-state index >= 15 is 0 Å². The molecule has 3 atom stereocenters. The average molecular weight is 341 g/mol. The van der Waals surface area contributed by atoms with Crippen LogP contribution in [0.2, 0.25) is 0 Å². The Morgan fingerprint density at radius 2 is 2.16 bits per heavy atom. The first kappa shape index (κ1) is 16.3. The second-order valence-electron chi connectivity index (χ2n) is 6.75. The van der Waals surface area contributed by atoms with Crippen LogP contribution in [-0.4, -0.2) is 47.6 Å². The first-order valence-electron chi connectivity index (χ1n) is 8.87. The summed E-state index contributed by atoms with van der Waals surface area (Å²) in [6.07, 6.45) is 7.57. The number of hydrogen-bond acceptors (Lipinski definition) is 5. The number of carbonyl (C=O) groups is 1. The van der Waals surface area contributed by atoms with Gasteiger partial charge in [-0.05, 0) is 42.7 Å². The predicted molar refractivity (Wildman–Crippen MR) is 91.9 cm³/mol. The largest absolute Gasteiger partial charge is 0.459 e. The Morgan fingerprint density at radius 3 is 2.96 bits per heavy atom. The molecule has 1 saturated carbocycles. The molecule has 1 aliphatic carbocycles. The molecule has 0 aromatic carbocycles. The summed E-state index contributed by atoms with van der Waals surface area (Å²) in [4.78, 5) is 18.7. The Balaban J connectivity index is 1.35. The quantitative estimate of drug-likeness (QED) is 0.902. The van der Waals surface area contributed by atoms with Crippen molar-refractivity contribution in [3.8, 4) is 0 Å². The zero-order chi connectivity index (χ0) is 17.1. The van der Waals surface area contributed by atoms with E-state index in [0.717, 1.165) is 32.5 Å². The van der Waals surface area contributed by atoms with Gasteiger partial charge in [-0.2, -0.15) is 0 Å². The number of morpholine rings is 1. The standard InChI is InChI=1S/C19H23N3O3/c23-19(17-2-1-10-24-17)21-12-15-3-4-16-18(15)25-11-9-22(16)13-14-5-7-20-8-6-14/h1-2,5-8,10,15-16,18H,3-4,9,11-13H2,(H,21,23)/t15-,16-,18+/m0/s1. The van der Waals surface area contributed by atoms with Gasteiger partial charge in [0.25, 0.3) is 5.91 Å². The van der Waals surface area contributed by atoms with E-state index in [9.17, 15) is 4.79 Å². The average Bonchev–Trinajstić information content (AvgIpc) is 3.31. The van der Waals surface area contributed by atoms with Gasteiger partial charge in [-0.25, -0.2) is 0 Å². The maximum absolute atomic E-state index is 12.1. The van der Waals surface area contributed by atoms with Crippen LogP contribution in [0.15, 0.2) is 47.3 Å². The van der Waals surface area contributed by atoms with Crippen molar-refractivity contribution >= 4 is 5.91 Å². The Labute approximate surface area is 147 Å². The number of furan rings is 1. The van der Waals surface area contributed by atoms with Crippen molar-refractivity contribution in [1.82, 2.24) is 15.2 Å². The molecule has 1 aliphatic heterocycles. The van der Waals surface area contributed by atoms with Gasteiger partial charge >= 0.3 is 0 Å². The van der Waals surface area contributed by atoms with Crippen LogP contribution in [0, 0.1) is 5.92 Å². The highest BCUT2D eigenvalue weighted by Crippen LogP contribution is 2.35. The summed E-state index contributed by atoms with van der Waals surface area (Å²) in [6.45, 7) is 3.26. The maximum Gasteiger partial charge on any atom is 0.286 e. The summed E-state index contributed by atoms with van der Waals surface area (Å²) in [6, 6.07) is 7.97. The lowest BCUT2D eigenvalue weighted by Gasteiger charge is -2.39. The van der Waals surface area contributed by atoms with Crippen molar-refractivity contribution < 1.29 is 13.9 Å². The van der Waals surface area contributed by atoms with Gasteiger partial charge in [0.15, 0.2) is 5.76 Å². The van der Waals surface area contributed by atoms with Gasteiger partial charge in [-0.15, -0.1) is 0 Å². The number of pyridine rings is 1. The molecule has 25 heavy (non-hydrogen) atoms. The number of ether oxygens (including phenoxy) is 1. The van der Waals surface area contributed by atoms with Crippen LogP contribution < -0.4 is 5.32 Å². The Hall–Kier alpha value is -2.18. The number of aromatic nitrogens is 1. The SMILES string of the molecule is O=C(NC[C@@H]1CC[C@H]2[C@@H]1OCCN2Cc1ccncc1)c1ccco1. The molecule has 1 N–H and O–H groups in total. The molecular weight excluding hydrogens is 318 g/mol. The lowest BCUT2D eigenvalue weighted by atomic mass is 10.0. The third-order valence-corrected chi connectivity index (χ3v) is 5.24. The first-order valence-corrected chi connectivity index (χ1v) is 8.87. The van der Waals surface area contributed by atoms with Crippen LogP contribution >= 0.6 is 0 Å². The molecule has 4 rings (SSSR count). The minimum atomic E-state index is -0.155. The number of nitrogens with zero attached hydrogens (tertiary/aromatic N) is 2. The zero-order valence-electron chi connectivity index (χ0n) is 14.1. The molecule has 132 valence electrons. The summed E-state index contributed by atoms with van der Waals surface area (Å²) in [5.41, 5.74) is 1.28. The summed E-state index contributed by atoms with van der Waals surface area (Å²) in [5, 5.41) is 2.99. The molecular formula is C19H23N3O3. The van der Waals surface area contributed by atoms with Crippen LogP contribution in [0.1, 0.15) is 29.0 Å². The summed E-state index contributed by atoms with van der Waals surface area (Å²) in [5.74, 6) is 0.556. The Morgan fingerprint density at radius 1 is 1.28 bits per heavy atom. The number of fused-ring (bicyclic) bond motifs is 1. The van der Waals surface area contributed by atoms with E-state index in [1.165, 1.54) is 11.8 Å². The number of nitrogens with one attached hydrogen (secondary N) is 1. The fraction of sp³-hybridized carbons (Fsp3) is 0.474. The molecule has 2 aromatic heterocycles. The zero-order valence-corrected chi connectivity index (χ0v) is 14.1. The Kier molecular flexibility index (Phi) is 4.81. The molecule has 1 amide bonds. The van der Waals surface area contributed by atoms with E-state index in [0.29, 0.717) is 24.3 Å². The van der Waals surface area contributed by atoms with E-state index in [1.807, 2.05) is 12.4 Å². The highest BCUT2D eigenvalue weighted by atomic mass is 16.5. The molecule has 6 heteroatoms. The molecule has 0 radical (unpaired) electrons. The van der Waals surface area contributed by atoms with Crippen LogP contribution in [0.25, 0.3) is 0 Å². The molecule has 0 unspecified atom stereocenters. The number of carbonyl (C=O) groups excluding carboxylic acids is 1. The number of amides is 1. The van der Waals surface area contributed by atoms with E-state index in [1.54, 1.807) is 12.1 Å². The van der Waals surface area contributed by atoms with Gasteiger partial charge in [0, 0.05) is 44.0 Å². The molecule has 1 saturated heterocycles. The van der Waals surface area contributed by atoms with Gasteiger partial charge < -0.3 is 14.5 Å². The highest BCUT2D eigenvalue weighted by Gasteiger charge is 2.42. The van der Waals surface area contributed by atoms with Crippen molar-refractivity contribution in [1.29, 1.82) is 0 Å². The molecule has 0 spiro atoms. The van der Waals surface area contributed by atoms with Crippen molar-refractivity contribution in [3.63, 3.8) is 0 Å². The van der Waals surface area contributed by atoms with E-state index in [4.69, 9.17) is 9.15 Å². The van der Waals surface area contributed by atoms with Gasteiger partial charge in [0.2, 0.25) is 0 Å². The topological polar surface area (TPSA) is 67.6 Å². The van der Waals surface area contributed by atoms with Crippen molar-refractivity contribution in [2.24, 2.45) is 5.92 Å². The predicted octanol–water partition coefficient (Wildman–Crippen LogP) is 2.08. The normalized spacial score (nSPS) is 26.3. The summed E-state index contributed by atoms with van der Waals surface area (Å²) in [7, 11) is 0. The Bertz CT molecular complexity index is 689. The lowest BCUT2D eigenvalue weighted by Crippen LogP contribution is -2.50. The second-order valence-corrected chi connectivity index (χ2v) is 6.75. The van der Waals surface area contributed by atoms with E-state index < -0.39 is 0 Å². The first-order chi connectivity index (χ1) is 12.3. The van der Waals surface area contributed by atoms with Crippen LogP contribution in [0.5, 0.6) is 0 Å². The molecule has 3 heterocycles. The fourth-order valence-electron chi connectivity index (χ4n) is 3.99. The third-order valence-electron chi connectivity index (χ3n) is 5.24. The fourth-order valence-corrected chi connectivity index (χ4v) is 3.99. The number of rotatable bonds is 5. The minimum absolute atomic E-state index is 0.155. The summed E-state index contributed by atoms with van der Waals surface area (Å²) >= 11 is 0. The van der Waals surface area contributed by atoms with E-state index in [-0.39, 0.29) is 12.0 Å². The molecule has 2 aliphatic rings. The van der Waals surface area contributed by atoms with Crippen molar-refractivity contribution in [2.75, 3.05) is 19.7 Å². The van der Waals surface area contributed by atoms with Crippen molar-refractivity contribution in [2.45, 2.75) is 31.5 Å². The van der Waals surface area contributed by atoms with E-state index in [2.05, 4.69) is 27.3 Å². The monoisotopic (exact) mass is 341 g/mol. The highest BCUT2D eigenvalue weighted by molar-refractivity contribution is 5.91. The van der Waals surface area contributed by atoms with Crippen LogP contribution in [-0.2, 0) is 11.3 Å². The molecule has 2 aromatic rings. The van der Waals surface area contributed by atoms with Gasteiger partial charge in [-0.3, -0.25) is 14.7 Å². The van der Waals surface area contributed by atoms with Gasteiger partial charge in [0.05, 0.1) is 19.0 Å². The van der Waals surface area contributed by atoms with Crippen molar-refractivity contribution in [3.05, 3.63) is 54.2 Å². The smallest absolute Gasteiger partial charge is 0.286 e. The van der Waals surface area contributed by atoms with Gasteiger partial charge in [0.1, 0.15) is 0 Å². The molecule has 2 fully saturated rings. The third kappa shape index (κ3) is 3.60. The maximum atomic E-state index is 12.1. The molecule has 0 bridgehead atoms. The van der Waals surface area contributed by atoms with Gasteiger partial charge in [-0.1, -0.05) is 0 Å². The second kappa shape index (κ2) is 7.37. The molecule has 6 nitrogen and oxygen atoms in total. The minimum Gasteiger partial charge on any atom is -0.459 e. The number of hydrogen-bond donors (Lipinski definition) is 1. The lowest BCUT2D eigenvalue weighted by molar-refractivity contribution is -0.0757.